The Bertz CT molecular complexity index is 811. The van der Waals surface area contributed by atoms with Crippen LogP contribution in [0.15, 0.2) is 12.4 Å². The van der Waals surface area contributed by atoms with E-state index in [0.29, 0.717) is 6.54 Å². The molecule has 27 heavy (non-hydrogen) atoms. The molecule has 0 fully saturated rings. The van der Waals surface area contributed by atoms with Crippen molar-refractivity contribution in [1.29, 1.82) is 0 Å². The maximum Gasteiger partial charge on any atom is 0.226 e. The molecule has 0 saturated carbocycles. The number of carbonyl (C=O) groups excluding carboxylic acids is 1. The van der Waals surface area contributed by atoms with Gasteiger partial charge in [-0.3, -0.25) is 9.48 Å². The highest BCUT2D eigenvalue weighted by atomic mass is 16.2. The number of aryl methyl sites for hydroxylation is 3. The molecule has 0 spiro atoms. The summed E-state index contributed by atoms with van der Waals surface area (Å²) in [4.78, 5) is 26.2. The molecule has 0 aliphatic heterocycles. The van der Waals surface area contributed by atoms with Crippen LogP contribution in [0.5, 0.6) is 0 Å². The third-order valence-electron chi connectivity index (χ3n) is 5.43. The number of hydrogen-bond donors (Lipinski definition) is 0. The minimum absolute atomic E-state index is 0.00220. The molecule has 0 bridgehead atoms. The Morgan fingerprint density at radius 1 is 1.33 bits per heavy atom. The molecule has 0 radical (unpaired) electrons. The van der Waals surface area contributed by atoms with Crippen molar-refractivity contribution in [2.75, 3.05) is 25.0 Å². The summed E-state index contributed by atoms with van der Waals surface area (Å²) in [6, 6.07) is 0. The molecule has 1 unspecified atom stereocenters. The second-order valence-electron chi connectivity index (χ2n) is 7.36. The van der Waals surface area contributed by atoms with Crippen molar-refractivity contribution in [3.05, 3.63) is 34.9 Å². The fourth-order valence-corrected chi connectivity index (χ4v) is 3.82. The van der Waals surface area contributed by atoms with E-state index in [1.54, 1.807) is 4.68 Å². The average Bonchev–Trinajstić information content (AvgIpc) is 2.98. The molecular formula is C20H30N6O. The van der Waals surface area contributed by atoms with Gasteiger partial charge in [0.05, 0.1) is 5.69 Å². The zero-order chi connectivity index (χ0) is 19.6. The summed E-state index contributed by atoms with van der Waals surface area (Å²) >= 11 is 0. The van der Waals surface area contributed by atoms with Gasteiger partial charge in [0.25, 0.3) is 0 Å². The quantitative estimate of drug-likeness (QED) is 0.779. The largest absolute Gasteiger partial charge is 0.341 e. The number of nitrogens with zero attached hydrogens (tertiary/aromatic N) is 6. The van der Waals surface area contributed by atoms with Crippen molar-refractivity contribution in [2.45, 2.75) is 46.6 Å². The second kappa shape index (κ2) is 8.06. The van der Waals surface area contributed by atoms with E-state index in [1.807, 2.05) is 38.3 Å². The number of fused-ring (bicyclic) bond motifs is 1. The first kappa shape index (κ1) is 19.3. The van der Waals surface area contributed by atoms with Crippen LogP contribution in [0.4, 0.5) is 5.95 Å². The van der Waals surface area contributed by atoms with E-state index in [4.69, 9.17) is 4.98 Å². The molecule has 0 aromatic carbocycles. The van der Waals surface area contributed by atoms with E-state index in [0.717, 1.165) is 60.8 Å². The molecule has 7 heteroatoms. The Hall–Kier alpha value is -2.44. The molecule has 1 aliphatic carbocycles. The lowest BCUT2D eigenvalue weighted by atomic mass is 9.86. The lowest BCUT2D eigenvalue weighted by Crippen LogP contribution is -2.36. The normalized spacial score (nSPS) is 16.1. The second-order valence-corrected chi connectivity index (χ2v) is 7.36. The lowest BCUT2D eigenvalue weighted by molar-refractivity contribution is -0.135. The van der Waals surface area contributed by atoms with Crippen molar-refractivity contribution >= 4 is 11.9 Å². The number of rotatable bonds is 6. The molecule has 0 saturated heterocycles. The van der Waals surface area contributed by atoms with Gasteiger partial charge >= 0.3 is 0 Å². The summed E-state index contributed by atoms with van der Waals surface area (Å²) in [5.74, 6) is 0.992. The lowest BCUT2D eigenvalue weighted by Gasteiger charge is -2.28. The number of amides is 1. The highest BCUT2D eigenvalue weighted by molar-refractivity contribution is 5.79. The van der Waals surface area contributed by atoms with Crippen LogP contribution in [0, 0.1) is 12.8 Å². The molecule has 3 rings (SSSR count). The van der Waals surface area contributed by atoms with E-state index in [-0.39, 0.29) is 11.8 Å². The monoisotopic (exact) mass is 370 g/mol. The van der Waals surface area contributed by atoms with E-state index >= 15 is 0 Å². The Morgan fingerprint density at radius 3 is 2.70 bits per heavy atom. The summed E-state index contributed by atoms with van der Waals surface area (Å²) < 4.78 is 1.80. The van der Waals surface area contributed by atoms with Crippen LogP contribution in [-0.2, 0) is 31.2 Å². The third-order valence-corrected chi connectivity index (χ3v) is 5.43. The molecule has 2 aromatic rings. The van der Waals surface area contributed by atoms with Crippen LogP contribution in [-0.4, -0.2) is 50.7 Å². The van der Waals surface area contributed by atoms with Crippen LogP contribution >= 0.6 is 0 Å². The fraction of sp³-hybridized carbons (Fsp3) is 0.600. The van der Waals surface area contributed by atoms with Gasteiger partial charge in [0.2, 0.25) is 11.9 Å². The molecule has 7 nitrogen and oxygen atoms in total. The maximum absolute atomic E-state index is 12.9. The van der Waals surface area contributed by atoms with E-state index < -0.39 is 0 Å². The van der Waals surface area contributed by atoms with E-state index in [2.05, 4.69) is 28.8 Å². The van der Waals surface area contributed by atoms with E-state index in [9.17, 15) is 4.79 Å². The number of carbonyl (C=O) groups is 1. The minimum atomic E-state index is 0.00220. The summed E-state index contributed by atoms with van der Waals surface area (Å²) in [5, 5.41) is 4.36. The van der Waals surface area contributed by atoms with Gasteiger partial charge in [0.15, 0.2) is 0 Å². The molecule has 1 atom stereocenters. The predicted octanol–water partition coefficient (Wildman–Crippen LogP) is 2.13. The molecule has 2 aromatic heterocycles. The first-order chi connectivity index (χ1) is 12.9. The maximum atomic E-state index is 12.9. The fourth-order valence-electron chi connectivity index (χ4n) is 3.82. The van der Waals surface area contributed by atoms with Gasteiger partial charge < -0.3 is 9.80 Å². The minimum Gasteiger partial charge on any atom is -0.341 e. The van der Waals surface area contributed by atoms with Gasteiger partial charge in [0.1, 0.15) is 0 Å². The Morgan fingerprint density at radius 2 is 2.07 bits per heavy atom. The summed E-state index contributed by atoms with van der Waals surface area (Å²) in [6.07, 6.45) is 6.31. The molecular weight excluding hydrogens is 340 g/mol. The Labute approximate surface area is 161 Å². The summed E-state index contributed by atoms with van der Waals surface area (Å²) in [5.41, 5.74) is 4.28. The molecule has 0 N–H and O–H groups in total. The average molecular weight is 371 g/mol. The smallest absolute Gasteiger partial charge is 0.226 e. The first-order valence-electron chi connectivity index (χ1n) is 9.76. The van der Waals surface area contributed by atoms with Gasteiger partial charge in [-0.15, -0.1) is 0 Å². The number of anilines is 1. The molecule has 2 heterocycles. The topological polar surface area (TPSA) is 67.2 Å². The number of aromatic nitrogens is 4. The van der Waals surface area contributed by atoms with Crippen LogP contribution in [0.1, 0.15) is 42.8 Å². The standard InChI is InChI=1S/C20H30N6O/c1-6-26(7-2)20-21-11-16-10-15(8-9-18(16)22-20)19(27)24(4)12-17-13-25(5)23-14(17)3/h11,13,15H,6-10,12H2,1-5H3. The Balaban J connectivity index is 1.68. The van der Waals surface area contributed by atoms with Crippen LogP contribution < -0.4 is 4.90 Å². The highest BCUT2D eigenvalue weighted by Crippen LogP contribution is 2.27. The summed E-state index contributed by atoms with van der Waals surface area (Å²) in [6.45, 7) is 8.60. The molecule has 146 valence electrons. The number of hydrogen-bond acceptors (Lipinski definition) is 5. The van der Waals surface area contributed by atoms with Crippen molar-refractivity contribution in [3.63, 3.8) is 0 Å². The van der Waals surface area contributed by atoms with Gasteiger partial charge in [-0.25, -0.2) is 9.97 Å². The van der Waals surface area contributed by atoms with Crippen molar-refractivity contribution < 1.29 is 4.79 Å². The zero-order valence-corrected chi connectivity index (χ0v) is 17.1. The van der Waals surface area contributed by atoms with Crippen molar-refractivity contribution in [1.82, 2.24) is 24.6 Å². The molecule has 1 aliphatic rings. The van der Waals surface area contributed by atoms with E-state index in [1.165, 1.54) is 0 Å². The SMILES string of the molecule is CCN(CC)c1ncc2c(n1)CCC(C(=O)N(C)Cc1cn(C)nc1C)C2. The van der Waals surface area contributed by atoms with Crippen LogP contribution in [0.3, 0.4) is 0 Å². The van der Waals surface area contributed by atoms with Crippen molar-refractivity contribution in [2.24, 2.45) is 13.0 Å². The van der Waals surface area contributed by atoms with Gasteiger partial charge in [0, 0.05) is 63.3 Å². The van der Waals surface area contributed by atoms with Gasteiger partial charge in [-0.05, 0) is 45.6 Å². The first-order valence-corrected chi connectivity index (χ1v) is 9.76. The summed E-state index contributed by atoms with van der Waals surface area (Å²) in [7, 11) is 3.78. The van der Waals surface area contributed by atoms with Crippen molar-refractivity contribution in [3.8, 4) is 0 Å². The van der Waals surface area contributed by atoms with Crippen LogP contribution in [0.25, 0.3) is 0 Å². The highest BCUT2D eigenvalue weighted by Gasteiger charge is 2.28. The predicted molar refractivity (Wildman–Crippen MR) is 106 cm³/mol. The van der Waals surface area contributed by atoms with Crippen LogP contribution in [0.2, 0.25) is 0 Å². The third kappa shape index (κ3) is 4.12. The van der Waals surface area contributed by atoms with Gasteiger partial charge in [-0.2, -0.15) is 5.10 Å². The van der Waals surface area contributed by atoms with Gasteiger partial charge in [-0.1, -0.05) is 0 Å². The zero-order valence-electron chi connectivity index (χ0n) is 17.1. The molecule has 1 amide bonds. The Kier molecular flexibility index (Phi) is 5.77.